The molecule has 0 spiro atoms. The molecule has 5 unspecified atom stereocenters. The molecular weight excluding hydrogens is 271 g/mol. The van der Waals surface area contributed by atoms with Crippen molar-refractivity contribution in [3.8, 4) is 0 Å². The van der Waals surface area contributed by atoms with Gasteiger partial charge in [-0.15, -0.1) is 0 Å². The minimum Gasteiger partial charge on any atom is -0.481 e. The van der Waals surface area contributed by atoms with Gasteiger partial charge >= 0.3 is 5.97 Å². The molecule has 3 rings (SSSR count). The number of rotatable bonds is 5. The number of carboxylic acid groups (broad SMARTS) is 1. The second-order valence-electron chi connectivity index (χ2n) is 6.25. The number of aliphatic carboxylic acids is 1. The van der Waals surface area contributed by atoms with Crippen LogP contribution in [0.15, 0.2) is 18.3 Å². The van der Waals surface area contributed by atoms with Gasteiger partial charge in [-0.1, -0.05) is 6.92 Å². The molecule has 2 N–H and O–H groups in total. The minimum absolute atomic E-state index is 0.0121. The maximum absolute atomic E-state index is 13.0. The Hall–Kier alpha value is -1.49. The van der Waals surface area contributed by atoms with Gasteiger partial charge in [0.05, 0.1) is 17.8 Å². The summed E-state index contributed by atoms with van der Waals surface area (Å²) in [5, 5.41) is 13.0. The molecule has 2 saturated carbocycles. The van der Waals surface area contributed by atoms with Crippen LogP contribution in [0.1, 0.15) is 44.3 Å². The molecule has 5 heteroatoms. The molecule has 4 nitrogen and oxygen atoms in total. The smallest absolute Gasteiger partial charge is 0.308 e. The lowest BCUT2D eigenvalue weighted by Gasteiger charge is -2.32. The summed E-state index contributed by atoms with van der Waals surface area (Å²) in [5.41, 5.74) is 0.783. The van der Waals surface area contributed by atoms with Crippen LogP contribution in [0.3, 0.4) is 0 Å². The van der Waals surface area contributed by atoms with Crippen LogP contribution in [0.2, 0.25) is 0 Å². The van der Waals surface area contributed by atoms with Crippen molar-refractivity contribution in [3.05, 3.63) is 29.8 Å². The standard InChI is InChI=1S/C16H21FN2O2/c1-2-12(13-6-5-11(17)8-18-13)19-15-10-4-3-9(7-10)14(15)16(20)21/h5-6,8-10,12,14-15,19H,2-4,7H2,1H3,(H,20,21). The molecule has 1 heterocycles. The maximum Gasteiger partial charge on any atom is 0.308 e. The van der Waals surface area contributed by atoms with Gasteiger partial charge in [-0.05, 0) is 49.7 Å². The van der Waals surface area contributed by atoms with Crippen LogP contribution in [0, 0.1) is 23.6 Å². The number of fused-ring (bicyclic) bond motifs is 2. The Morgan fingerprint density at radius 2 is 2.24 bits per heavy atom. The average Bonchev–Trinajstić information content (AvgIpc) is 3.06. The van der Waals surface area contributed by atoms with Gasteiger partial charge in [0, 0.05) is 12.1 Å². The van der Waals surface area contributed by atoms with Crippen LogP contribution >= 0.6 is 0 Å². The van der Waals surface area contributed by atoms with Crippen LogP contribution in [-0.2, 0) is 4.79 Å². The van der Waals surface area contributed by atoms with E-state index in [-0.39, 0.29) is 23.8 Å². The van der Waals surface area contributed by atoms with Crippen molar-refractivity contribution in [2.75, 3.05) is 0 Å². The van der Waals surface area contributed by atoms with Gasteiger partial charge in [-0.25, -0.2) is 4.39 Å². The number of nitrogens with zero attached hydrogens (tertiary/aromatic N) is 1. The highest BCUT2D eigenvalue weighted by atomic mass is 19.1. The van der Waals surface area contributed by atoms with Crippen molar-refractivity contribution >= 4 is 5.97 Å². The lowest BCUT2D eigenvalue weighted by molar-refractivity contribution is -0.144. The third-order valence-electron chi connectivity index (χ3n) is 5.11. The third-order valence-corrected chi connectivity index (χ3v) is 5.11. The fraction of sp³-hybridized carbons (Fsp3) is 0.625. The molecule has 0 aromatic carbocycles. The maximum atomic E-state index is 13.0. The van der Waals surface area contributed by atoms with E-state index >= 15 is 0 Å². The zero-order chi connectivity index (χ0) is 15.0. The molecule has 21 heavy (non-hydrogen) atoms. The first-order valence-electron chi connectivity index (χ1n) is 7.70. The summed E-state index contributed by atoms with van der Waals surface area (Å²) in [4.78, 5) is 15.7. The first-order chi connectivity index (χ1) is 10.1. The number of hydrogen-bond acceptors (Lipinski definition) is 3. The largest absolute Gasteiger partial charge is 0.481 e. The van der Waals surface area contributed by atoms with Crippen molar-refractivity contribution in [3.63, 3.8) is 0 Å². The number of aromatic nitrogens is 1. The van der Waals surface area contributed by atoms with E-state index in [2.05, 4.69) is 10.3 Å². The lowest BCUT2D eigenvalue weighted by atomic mass is 9.84. The van der Waals surface area contributed by atoms with E-state index in [9.17, 15) is 14.3 Å². The second-order valence-corrected chi connectivity index (χ2v) is 6.25. The van der Waals surface area contributed by atoms with E-state index in [4.69, 9.17) is 0 Å². The van der Waals surface area contributed by atoms with Crippen LogP contribution in [0.5, 0.6) is 0 Å². The van der Waals surface area contributed by atoms with Crippen molar-refractivity contribution < 1.29 is 14.3 Å². The van der Waals surface area contributed by atoms with Crippen molar-refractivity contribution in [2.45, 2.75) is 44.7 Å². The molecular formula is C16H21FN2O2. The lowest BCUT2D eigenvalue weighted by Crippen LogP contribution is -2.45. The Labute approximate surface area is 123 Å². The first kappa shape index (κ1) is 14.4. The molecule has 2 fully saturated rings. The zero-order valence-corrected chi connectivity index (χ0v) is 12.1. The number of nitrogens with one attached hydrogen (secondary N) is 1. The number of carbonyl (C=O) groups is 1. The number of hydrogen-bond donors (Lipinski definition) is 2. The van der Waals surface area contributed by atoms with Crippen LogP contribution in [0.4, 0.5) is 4.39 Å². The summed E-state index contributed by atoms with van der Waals surface area (Å²) in [6.07, 6.45) is 5.18. The first-order valence-corrected chi connectivity index (χ1v) is 7.70. The monoisotopic (exact) mass is 292 g/mol. The van der Waals surface area contributed by atoms with Gasteiger partial charge in [0.2, 0.25) is 0 Å². The minimum atomic E-state index is -0.693. The highest BCUT2D eigenvalue weighted by molar-refractivity contribution is 5.72. The van der Waals surface area contributed by atoms with E-state index in [0.717, 1.165) is 31.4 Å². The molecule has 1 aromatic heterocycles. The fourth-order valence-electron chi connectivity index (χ4n) is 4.12. The predicted octanol–water partition coefficient (Wildman–Crippen LogP) is 2.76. The third kappa shape index (κ3) is 2.67. The van der Waals surface area contributed by atoms with Crippen LogP contribution < -0.4 is 5.32 Å². The molecule has 0 radical (unpaired) electrons. The van der Waals surface area contributed by atoms with Gasteiger partial charge in [-0.2, -0.15) is 0 Å². The Kier molecular flexibility index (Phi) is 3.93. The van der Waals surface area contributed by atoms with Crippen molar-refractivity contribution in [1.82, 2.24) is 10.3 Å². The van der Waals surface area contributed by atoms with E-state index < -0.39 is 5.97 Å². The Balaban J connectivity index is 1.77. The topological polar surface area (TPSA) is 62.2 Å². The van der Waals surface area contributed by atoms with E-state index in [1.807, 2.05) is 6.92 Å². The highest BCUT2D eigenvalue weighted by Gasteiger charge is 2.51. The van der Waals surface area contributed by atoms with Gasteiger partial charge in [-0.3, -0.25) is 9.78 Å². The number of pyridine rings is 1. The molecule has 0 saturated heterocycles. The number of halogens is 1. The number of carboxylic acids is 1. The van der Waals surface area contributed by atoms with Gasteiger partial charge in [0.25, 0.3) is 0 Å². The molecule has 0 amide bonds. The second kappa shape index (κ2) is 5.72. The SMILES string of the molecule is CCC(NC1C2CCC(C2)C1C(=O)O)c1ccc(F)cn1. The molecule has 0 aliphatic heterocycles. The average molecular weight is 292 g/mol. The van der Waals surface area contributed by atoms with Crippen LogP contribution in [0.25, 0.3) is 0 Å². The summed E-state index contributed by atoms with van der Waals surface area (Å²) in [7, 11) is 0. The summed E-state index contributed by atoms with van der Waals surface area (Å²) in [5.74, 6) is -0.578. The Bertz CT molecular complexity index is 520. The molecule has 2 aliphatic rings. The van der Waals surface area contributed by atoms with Crippen LogP contribution in [-0.4, -0.2) is 22.1 Å². The molecule has 5 atom stereocenters. The van der Waals surface area contributed by atoms with Crippen molar-refractivity contribution in [1.29, 1.82) is 0 Å². The van der Waals surface area contributed by atoms with E-state index in [0.29, 0.717) is 11.8 Å². The van der Waals surface area contributed by atoms with Crippen molar-refractivity contribution in [2.24, 2.45) is 17.8 Å². The summed E-state index contributed by atoms with van der Waals surface area (Å²) < 4.78 is 13.0. The summed E-state index contributed by atoms with van der Waals surface area (Å²) in [6, 6.07) is 3.08. The highest BCUT2D eigenvalue weighted by Crippen LogP contribution is 2.49. The molecule has 2 bridgehead atoms. The molecule has 114 valence electrons. The molecule has 1 aromatic rings. The van der Waals surface area contributed by atoms with Gasteiger partial charge in [0.1, 0.15) is 5.82 Å². The van der Waals surface area contributed by atoms with E-state index in [1.54, 1.807) is 6.07 Å². The summed E-state index contributed by atoms with van der Waals surface area (Å²) in [6.45, 7) is 2.03. The van der Waals surface area contributed by atoms with E-state index in [1.165, 1.54) is 12.3 Å². The fourth-order valence-corrected chi connectivity index (χ4v) is 4.12. The molecule has 2 aliphatic carbocycles. The zero-order valence-electron chi connectivity index (χ0n) is 12.1. The summed E-state index contributed by atoms with van der Waals surface area (Å²) >= 11 is 0. The quantitative estimate of drug-likeness (QED) is 0.876. The van der Waals surface area contributed by atoms with Gasteiger partial charge < -0.3 is 10.4 Å². The Morgan fingerprint density at radius 1 is 1.48 bits per heavy atom. The predicted molar refractivity (Wildman–Crippen MR) is 76.1 cm³/mol. The van der Waals surface area contributed by atoms with Gasteiger partial charge in [0.15, 0.2) is 0 Å². The Morgan fingerprint density at radius 3 is 2.86 bits per heavy atom. The normalized spacial score (nSPS) is 32.3.